The molecule has 5 rings (SSSR count). The molecule has 1 aliphatic heterocycles. The minimum Gasteiger partial charge on any atom is -0.301 e. The summed E-state index contributed by atoms with van der Waals surface area (Å²) in [7, 11) is 0. The molecular weight excluding hydrogens is 454 g/mol. The highest BCUT2D eigenvalue weighted by Crippen LogP contribution is 2.33. The molecule has 8 nitrogen and oxygen atoms in total. The van der Waals surface area contributed by atoms with E-state index in [1.807, 2.05) is 35.0 Å². The van der Waals surface area contributed by atoms with E-state index < -0.39 is 0 Å². The zero-order valence-electron chi connectivity index (χ0n) is 18.8. The Kier molecular flexibility index (Phi) is 6.59. The Morgan fingerprint density at radius 2 is 2.18 bits per heavy atom. The highest BCUT2D eigenvalue weighted by molar-refractivity contribution is 7.99. The first-order valence-electron chi connectivity index (χ1n) is 11.3. The summed E-state index contributed by atoms with van der Waals surface area (Å²) >= 11 is 3.14. The largest absolute Gasteiger partial charge is 0.301 e. The van der Waals surface area contributed by atoms with Gasteiger partial charge in [0.15, 0.2) is 5.13 Å². The molecule has 0 spiro atoms. The predicted octanol–water partition coefficient (Wildman–Crippen LogP) is 3.84. The standard InChI is InChI=1S/C23H27N7OS2/c1-3-29(4-2)16-8-11-28(14-16)15-20(31)27-23-26-18-7-6-17(12-19(18)33-23)32-21-13-25-22-24-9-5-10-30(21)22/h5-7,9-10,12-13,16H,3-4,8,11,14-15H2,1-2H3,(H,26,27,31). The summed E-state index contributed by atoms with van der Waals surface area (Å²) in [5.74, 6) is 0.687. The van der Waals surface area contributed by atoms with E-state index in [4.69, 9.17) is 0 Å². The lowest BCUT2D eigenvalue weighted by molar-refractivity contribution is -0.117. The summed E-state index contributed by atoms with van der Waals surface area (Å²) in [6.45, 7) is 8.84. The Morgan fingerprint density at radius 3 is 3.03 bits per heavy atom. The van der Waals surface area contributed by atoms with Crippen LogP contribution in [-0.2, 0) is 4.79 Å². The third kappa shape index (κ3) is 4.89. The summed E-state index contributed by atoms with van der Waals surface area (Å²) in [6.07, 6.45) is 6.65. The number of thiazole rings is 1. The first-order valence-corrected chi connectivity index (χ1v) is 12.9. The normalized spacial score (nSPS) is 16.9. The number of nitrogens with one attached hydrogen (secondary N) is 1. The average Bonchev–Trinajstić information content (AvgIpc) is 3.53. The molecule has 172 valence electrons. The smallest absolute Gasteiger partial charge is 0.240 e. The minimum absolute atomic E-state index is 0.00193. The lowest BCUT2D eigenvalue weighted by atomic mass is 10.2. The molecule has 4 heterocycles. The van der Waals surface area contributed by atoms with Crippen molar-refractivity contribution in [1.29, 1.82) is 0 Å². The van der Waals surface area contributed by atoms with Gasteiger partial charge in [-0.2, -0.15) is 0 Å². The molecule has 10 heteroatoms. The van der Waals surface area contributed by atoms with Gasteiger partial charge in [-0.05, 0) is 43.8 Å². The molecule has 1 atom stereocenters. The molecule has 1 fully saturated rings. The minimum atomic E-state index is 0.00193. The molecule has 1 aliphatic rings. The van der Waals surface area contributed by atoms with Crippen LogP contribution >= 0.6 is 23.1 Å². The number of amides is 1. The quantitative estimate of drug-likeness (QED) is 0.410. The van der Waals surface area contributed by atoms with E-state index in [1.165, 1.54) is 11.3 Å². The lowest BCUT2D eigenvalue weighted by Crippen LogP contribution is -2.39. The molecule has 1 aromatic carbocycles. The molecule has 3 aromatic heterocycles. The second-order valence-corrected chi connectivity index (χ2v) is 10.2. The van der Waals surface area contributed by atoms with Crippen molar-refractivity contribution >= 4 is 50.1 Å². The molecule has 1 N–H and O–H groups in total. The van der Waals surface area contributed by atoms with E-state index in [0.717, 1.165) is 52.7 Å². The Balaban J connectivity index is 1.22. The van der Waals surface area contributed by atoms with Gasteiger partial charge in [-0.25, -0.2) is 15.0 Å². The molecule has 0 saturated carbocycles. The summed E-state index contributed by atoms with van der Waals surface area (Å²) in [4.78, 5) is 31.7. The number of anilines is 1. The monoisotopic (exact) mass is 481 g/mol. The number of likely N-dealkylation sites (tertiary alicyclic amines) is 1. The fourth-order valence-electron chi connectivity index (χ4n) is 4.38. The number of hydrogen-bond donors (Lipinski definition) is 1. The van der Waals surface area contributed by atoms with Gasteiger partial charge < -0.3 is 5.32 Å². The Labute approximate surface area is 201 Å². The van der Waals surface area contributed by atoms with Gasteiger partial charge in [-0.15, -0.1) is 0 Å². The van der Waals surface area contributed by atoms with E-state index in [2.05, 4.69) is 50.0 Å². The van der Waals surface area contributed by atoms with Crippen molar-refractivity contribution in [3.8, 4) is 0 Å². The van der Waals surface area contributed by atoms with E-state index in [-0.39, 0.29) is 5.91 Å². The highest BCUT2D eigenvalue weighted by Gasteiger charge is 2.27. The van der Waals surface area contributed by atoms with Crippen LogP contribution in [0.4, 0.5) is 5.13 Å². The van der Waals surface area contributed by atoms with Crippen LogP contribution in [0.3, 0.4) is 0 Å². The molecular formula is C23H27N7OS2. The molecule has 0 aliphatic carbocycles. The van der Waals surface area contributed by atoms with E-state index in [0.29, 0.717) is 23.5 Å². The Bertz CT molecular complexity index is 1270. The maximum Gasteiger partial charge on any atom is 0.240 e. The molecule has 0 bridgehead atoms. The molecule has 1 unspecified atom stereocenters. The van der Waals surface area contributed by atoms with Crippen LogP contribution in [0.25, 0.3) is 16.0 Å². The van der Waals surface area contributed by atoms with Gasteiger partial charge in [0.25, 0.3) is 0 Å². The van der Waals surface area contributed by atoms with Gasteiger partial charge in [-0.1, -0.05) is 36.9 Å². The van der Waals surface area contributed by atoms with Crippen molar-refractivity contribution in [3.05, 3.63) is 42.9 Å². The van der Waals surface area contributed by atoms with Crippen LogP contribution in [0.5, 0.6) is 0 Å². The topological polar surface area (TPSA) is 78.7 Å². The van der Waals surface area contributed by atoms with Crippen LogP contribution in [0.2, 0.25) is 0 Å². The predicted molar refractivity (Wildman–Crippen MR) is 133 cm³/mol. The summed E-state index contributed by atoms with van der Waals surface area (Å²) in [5, 5.41) is 4.66. The van der Waals surface area contributed by atoms with Crippen molar-refractivity contribution < 1.29 is 4.79 Å². The molecule has 1 amide bonds. The van der Waals surface area contributed by atoms with Crippen LogP contribution in [0.15, 0.2) is 52.8 Å². The van der Waals surface area contributed by atoms with Crippen LogP contribution < -0.4 is 5.32 Å². The fraction of sp³-hybridized carbons (Fsp3) is 0.391. The van der Waals surface area contributed by atoms with Crippen molar-refractivity contribution in [2.75, 3.05) is 38.0 Å². The number of fused-ring (bicyclic) bond motifs is 2. The third-order valence-electron chi connectivity index (χ3n) is 6.03. The van der Waals surface area contributed by atoms with Gasteiger partial charge in [0.1, 0.15) is 5.03 Å². The van der Waals surface area contributed by atoms with E-state index in [1.54, 1.807) is 18.0 Å². The summed E-state index contributed by atoms with van der Waals surface area (Å²) < 4.78 is 3.01. The SMILES string of the molecule is CCN(CC)C1CCN(CC(=O)Nc2nc3ccc(Sc4cnc5ncccn45)cc3s2)C1. The number of hydrogen-bond acceptors (Lipinski definition) is 8. The number of carbonyl (C=O) groups is 1. The number of imidazole rings is 1. The fourth-order valence-corrected chi connectivity index (χ4v) is 6.28. The molecule has 0 radical (unpaired) electrons. The summed E-state index contributed by atoms with van der Waals surface area (Å²) in [6, 6.07) is 8.60. The van der Waals surface area contributed by atoms with Crippen LogP contribution in [0, 0.1) is 0 Å². The number of nitrogens with zero attached hydrogens (tertiary/aromatic N) is 6. The third-order valence-corrected chi connectivity index (χ3v) is 7.96. The maximum absolute atomic E-state index is 12.6. The second kappa shape index (κ2) is 9.76. The van der Waals surface area contributed by atoms with Gasteiger partial charge in [0.2, 0.25) is 11.7 Å². The first-order chi connectivity index (χ1) is 16.1. The van der Waals surface area contributed by atoms with E-state index in [9.17, 15) is 4.79 Å². The van der Waals surface area contributed by atoms with Crippen molar-refractivity contribution in [2.24, 2.45) is 0 Å². The summed E-state index contributed by atoms with van der Waals surface area (Å²) in [5.41, 5.74) is 0.891. The Hall–Kier alpha value is -2.53. The van der Waals surface area contributed by atoms with Gasteiger partial charge in [0, 0.05) is 36.4 Å². The molecule has 33 heavy (non-hydrogen) atoms. The molecule has 1 saturated heterocycles. The number of likely N-dealkylation sites (N-methyl/N-ethyl adjacent to an activating group) is 1. The number of benzene rings is 1. The van der Waals surface area contributed by atoms with Crippen molar-refractivity contribution in [3.63, 3.8) is 0 Å². The zero-order chi connectivity index (χ0) is 22.8. The first kappa shape index (κ1) is 22.3. The molecule has 4 aromatic rings. The Morgan fingerprint density at radius 1 is 1.30 bits per heavy atom. The average molecular weight is 482 g/mol. The van der Waals surface area contributed by atoms with Crippen molar-refractivity contribution in [1.82, 2.24) is 29.2 Å². The number of carbonyl (C=O) groups excluding carboxylic acids is 1. The lowest BCUT2D eigenvalue weighted by Gasteiger charge is -2.26. The van der Waals surface area contributed by atoms with Crippen LogP contribution in [0.1, 0.15) is 20.3 Å². The van der Waals surface area contributed by atoms with Crippen LogP contribution in [-0.4, -0.2) is 73.8 Å². The van der Waals surface area contributed by atoms with Gasteiger partial charge in [0.05, 0.1) is 23.0 Å². The van der Waals surface area contributed by atoms with Gasteiger partial charge >= 0.3 is 0 Å². The zero-order valence-corrected chi connectivity index (χ0v) is 20.4. The van der Waals surface area contributed by atoms with E-state index >= 15 is 0 Å². The number of rotatable bonds is 8. The van der Waals surface area contributed by atoms with Gasteiger partial charge in [-0.3, -0.25) is 19.0 Å². The second-order valence-electron chi connectivity index (χ2n) is 8.08. The maximum atomic E-state index is 12.6. The van der Waals surface area contributed by atoms with Crippen molar-refractivity contribution in [2.45, 2.75) is 36.2 Å². The highest BCUT2D eigenvalue weighted by atomic mass is 32.2. The number of aromatic nitrogens is 4.